The monoisotopic (exact) mass is 252 g/mol. The smallest absolute Gasteiger partial charge is 0.316 e. The first kappa shape index (κ1) is 11.8. The maximum absolute atomic E-state index is 11.8. The van der Waals surface area contributed by atoms with Crippen molar-refractivity contribution in [1.82, 2.24) is 5.32 Å². The third-order valence-corrected chi connectivity index (χ3v) is 2.70. The number of esters is 1. The second kappa shape index (κ2) is 5.09. The van der Waals surface area contributed by atoms with E-state index in [0.29, 0.717) is 23.1 Å². The molecule has 1 aromatic heterocycles. The molecule has 0 saturated carbocycles. The Morgan fingerprint density at radius 3 is 3.24 bits per heavy atom. The number of aliphatic imine (C=N–C) groups is 1. The summed E-state index contributed by atoms with van der Waals surface area (Å²) < 4.78 is 10.2. The van der Waals surface area contributed by atoms with E-state index in [-0.39, 0.29) is 18.5 Å². The summed E-state index contributed by atoms with van der Waals surface area (Å²) >= 11 is 4.89. The molecule has 0 aromatic carbocycles. The van der Waals surface area contributed by atoms with E-state index < -0.39 is 0 Å². The fourth-order valence-corrected chi connectivity index (χ4v) is 1.73. The van der Waals surface area contributed by atoms with Crippen molar-refractivity contribution in [2.45, 2.75) is 13.5 Å². The van der Waals surface area contributed by atoms with Crippen molar-refractivity contribution in [2.24, 2.45) is 10.9 Å². The molecule has 0 radical (unpaired) electrons. The highest BCUT2D eigenvalue weighted by atomic mass is 32.1. The van der Waals surface area contributed by atoms with E-state index in [1.165, 1.54) is 6.26 Å². The topological polar surface area (TPSA) is 63.8 Å². The van der Waals surface area contributed by atoms with Crippen LogP contribution in [0.2, 0.25) is 0 Å². The minimum atomic E-state index is -0.378. The number of hydrogen-bond acceptors (Lipinski definition) is 4. The third kappa shape index (κ3) is 2.91. The number of furan rings is 1. The normalized spacial score (nSPS) is 19.5. The van der Waals surface area contributed by atoms with Gasteiger partial charge in [0.05, 0.1) is 6.26 Å². The zero-order chi connectivity index (χ0) is 12.3. The Morgan fingerprint density at radius 2 is 2.59 bits per heavy atom. The molecule has 1 N–H and O–H groups in total. The van der Waals surface area contributed by atoms with Crippen LogP contribution in [0.5, 0.6) is 0 Å². The molecule has 0 saturated heterocycles. The van der Waals surface area contributed by atoms with Gasteiger partial charge >= 0.3 is 5.97 Å². The van der Waals surface area contributed by atoms with Crippen LogP contribution < -0.4 is 5.32 Å². The average molecular weight is 252 g/mol. The molecule has 0 amide bonds. The Kier molecular flexibility index (Phi) is 3.53. The first-order valence-electron chi connectivity index (χ1n) is 5.19. The Labute approximate surface area is 104 Å². The highest BCUT2D eigenvalue weighted by Crippen LogP contribution is 2.10. The van der Waals surface area contributed by atoms with Gasteiger partial charge in [0.2, 0.25) is 0 Å². The van der Waals surface area contributed by atoms with Gasteiger partial charge in [-0.15, -0.1) is 0 Å². The lowest BCUT2D eigenvalue weighted by Gasteiger charge is -2.20. The number of nitrogens with one attached hydrogen (secondary N) is 1. The van der Waals surface area contributed by atoms with Crippen molar-refractivity contribution < 1.29 is 13.9 Å². The average Bonchev–Trinajstić information content (AvgIpc) is 2.78. The second-order valence-corrected chi connectivity index (χ2v) is 4.07. The van der Waals surface area contributed by atoms with Gasteiger partial charge in [0, 0.05) is 12.3 Å². The van der Waals surface area contributed by atoms with Crippen LogP contribution in [0.3, 0.4) is 0 Å². The quantitative estimate of drug-likeness (QED) is 0.648. The van der Waals surface area contributed by atoms with Crippen molar-refractivity contribution in [2.75, 3.05) is 6.54 Å². The van der Waals surface area contributed by atoms with Gasteiger partial charge in [-0.2, -0.15) is 0 Å². The summed E-state index contributed by atoms with van der Waals surface area (Å²) in [6.45, 7) is 2.34. The van der Waals surface area contributed by atoms with Crippen LogP contribution in [-0.4, -0.2) is 23.3 Å². The molecule has 0 fully saturated rings. The Morgan fingerprint density at radius 1 is 1.76 bits per heavy atom. The lowest BCUT2D eigenvalue weighted by Crippen LogP contribution is -2.41. The van der Waals surface area contributed by atoms with Gasteiger partial charge in [-0.3, -0.25) is 4.79 Å². The summed E-state index contributed by atoms with van der Waals surface area (Å²) in [4.78, 5) is 15.8. The van der Waals surface area contributed by atoms with E-state index in [2.05, 4.69) is 10.3 Å². The summed E-state index contributed by atoms with van der Waals surface area (Å²) in [5.74, 6) is -0.0819. The third-order valence-electron chi connectivity index (χ3n) is 2.46. The predicted octanol–water partition coefficient (Wildman–Crippen LogP) is 1.29. The Balaban J connectivity index is 1.92. The molecular formula is C11H12N2O3S. The highest BCUT2D eigenvalue weighted by molar-refractivity contribution is 7.80. The molecule has 1 atom stereocenters. The summed E-state index contributed by atoms with van der Waals surface area (Å²) in [6.07, 6.45) is 1.54. The lowest BCUT2D eigenvalue weighted by atomic mass is 10.0. The minimum absolute atomic E-state index is 0.139. The van der Waals surface area contributed by atoms with Crippen molar-refractivity contribution in [3.63, 3.8) is 0 Å². The number of carbonyl (C=O) groups is 1. The maximum atomic E-state index is 11.8. The molecule has 17 heavy (non-hydrogen) atoms. The van der Waals surface area contributed by atoms with Crippen LogP contribution in [0.4, 0.5) is 0 Å². The van der Waals surface area contributed by atoms with Gasteiger partial charge in [-0.25, -0.2) is 4.99 Å². The molecule has 0 spiro atoms. The van der Waals surface area contributed by atoms with Crippen LogP contribution in [0, 0.1) is 5.92 Å². The van der Waals surface area contributed by atoms with Crippen LogP contribution in [-0.2, 0) is 16.1 Å². The van der Waals surface area contributed by atoms with E-state index in [1.54, 1.807) is 19.1 Å². The van der Waals surface area contributed by atoms with Gasteiger partial charge in [-0.05, 0) is 31.3 Å². The molecule has 5 nitrogen and oxygen atoms in total. The van der Waals surface area contributed by atoms with Crippen LogP contribution in [0.1, 0.15) is 12.7 Å². The molecule has 1 aromatic rings. The van der Waals surface area contributed by atoms with Crippen LogP contribution >= 0.6 is 12.2 Å². The SMILES string of the molecule is CC1=NC(=S)NCC1C(=O)OCc1ccco1. The van der Waals surface area contributed by atoms with E-state index in [1.807, 2.05) is 0 Å². The van der Waals surface area contributed by atoms with Gasteiger partial charge in [0.25, 0.3) is 0 Å². The molecule has 6 heteroatoms. The molecule has 2 heterocycles. The molecule has 0 aliphatic carbocycles. The molecule has 90 valence electrons. The van der Waals surface area contributed by atoms with E-state index in [9.17, 15) is 4.79 Å². The first-order chi connectivity index (χ1) is 8.16. The van der Waals surface area contributed by atoms with Crippen molar-refractivity contribution in [1.29, 1.82) is 0 Å². The minimum Gasteiger partial charge on any atom is -0.466 e. The second-order valence-electron chi connectivity index (χ2n) is 3.68. The van der Waals surface area contributed by atoms with Gasteiger partial charge < -0.3 is 14.5 Å². The fraction of sp³-hybridized carbons (Fsp3) is 0.364. The zero-order valence-electron chi connectivity index (χ0n) is 9.30. The highest BCUT2D eigenvalue weighted by Gasteiger charge is 2.26. The number of rotatable bonds is 3. The van der Waals surface area contributed by atoms with Gasteiger partial charge in [0.15, 0.2) is 5.11 Å². The number of nitrogens with zero attached hydrogens (tertiary/aromatic N) is 1. The number of thiocarbonyl (C=S) groups is 1. The molecule has 0 bridgehead atoms. The van der Waals surface area contributed by atoms with E-state index in [0.717, 1.165) is 0 Å². The number of carbonyl (C=O) groups excluding carboxylic acids is 1. The molecule has 2 rings (SSSR count). The zero-order valence-corrected chi connectivity index (χ0v) is 10.1. The summed E-state index contributed by atoms with van der Waals surface area (Å²) in [6, 6.07) is 3.50. The molecular weight excluding hydrogens is 240 g/mol. The predicted molar refractivity (Wildman–Crippen MR) is 65.7 cm³/mol. The summed E-state index contributed by atoms with van der Waals surface area (Å²) in [7, 11) is 0. The number of ether oxygens (including phenoxy) is 1. The Hall–Kier alpha value is -1.69. The number of hydrogen-bond donors (Lipinski definition) is 1. The van der Waals surface area contributed by atoms with Crippen LogP contribution in [0.15, 0.2) is 27.8 Å². The van der Waals surface area contributed by atoms with Gasteiger partial charge in [-0.1, -0.05) is 0 Å². The van der Waals surface area contributed by atoms with Crippen LogP contribution in [0.25, 0.3) is 0 Å². The van der Waals surface area contributed by atoms with E-state index in [4.69, 9.17) is 21.4 Å². The van der Waals surface area contributed by atoms with Crippen molar-refractivity contribution >= 4 is 29.0 Å². The fourth-order valence-electron chi connectivity index (χ4n) is 1.51. The molecule has 1 aliphatic rings. The largest absolute Gasteiger partial charge is 0.466 e. The maximum Gasteiger partial charge on any atom is 0.316 e. The first-order valence-corrected chi connectivity index (χ1v) is 5.59. The standard InChI is InChI=1S/C11H12N2O3S/c1-7-9(5-12-11(17)13-7)10(14)16-6-8-3-2-4-15-8/h2-4,9H,5-6H2,1H3,(H,12,17). The molecule has 1 aliphatic heterocycles. The summed E-state index contributed by atoms with van der Waals surface area (Å²) in [5, 5.41) is 3.27. The van der Waals surface area contributed by atoms with Gasteiger partial charge in [0.1, 0.15) is 18.3 Å². The molecule has 1 unspecified atom stereocenters. The lowest BCUT2D eigenvalue weighted by molar-refractivity contribution is -0.147. The summed E-state index contributed by atoms with van der Waals surface area (Å²) in [5.41, 5.74) is 0.679. The van der Waals surface area contributed by atoms with Crippen molar-refractivity contribution in [3.8, 4) is 0 Å². The Bertz CT molecular complexity index is 453. The van der Waals surface area contributed by atoms with E-state index >= 15 is 0 Å². The van der Waals surface area contributed by atoms with Crippen molar-refractivity contribution in [3.05, 3.63) is 24.2 Å².